The van der Waals surface area contributed by atoms with Gasteiger partial charge in [0.15, 0.2) is 0 Å². The molecule has 0 saturated carbocycles. The van der Waals surface area contributed by atoms with E-state index >= 15 is 0 Å². The zero-order chi connectivity index (χ0) is 25.1. The maximum Gasteiger partial charge on any atom is 0.141 e. The molecule has 184 valence electrons. The highest BCUT2D eigenvalue weighted by molar-refractivity contribution is 9.10. The Bertz CT molecular complexity index is 1440. The average Bonchev–Trinajstić information content (AvgIpc) is 3.56. The SMILES string of the molecule is N#Cc1cnc2c(Br)cc(NCc3cn(CCC4CCCN4)nn3)cc2c1Nc1ccc(F)c(Cl)c1. The summed E-state index contributed by atoms with van der Waals surface area (Å²) in [5.74, 6) is -0.510. The predicted octanol–water partition coefficient (Wildman–Crippen LogP) is 5.75. The number of aryl methyl sites for hydroxylation is 1. The maximum absolute atomic E-state index is 13.6. The van der Waals surface area contributed by atoms with Crippen molar-refractivity contribution >= 4 is 55.5 Å². The minimum absolute atomic E-state index is 0.00652. The molecule has 1 saturated heterocycles. The van der Waals surface area contributed by atoms with Crippen molar-refractivity contribution in [1.29, 1.82) is 5.26 Å². The molecular weight excluding hydrogens is 547 g/mol. The number of rotatable bonds is 8. The van der Waals surface area contributed by atoms with Crippen LogP contribution in [-0.4, -0.2) is 32.6 Å². The number of nitriles is 1. The number of aromatic nitrogens is 4. The average molecular weight is 570 g/mol. The van der Waals surface area contributed by atoms with Gasteiger partial charge in [0.05, 0.1) is 34.5 Å². The van der Waals surface area contributed by atoms with Crippen molar-refractivity contribution < 1.29 is 4.39 Å². The van der Waals surface area contributed by atoms with Crippen LogP contribution in [-0.2, 0) is 13.1 Å². The van der Waals surface area contributed by atoms with Crippen LogP contribution in [0.25, 0.3) is 10.9 Å². The highest BCUT2D eigenvalue weighted by Crippen LogP contribution is 2.35. The predicted molar refractivity (Wildman–Crippen MR) is 142 cm³/mol. The third kappa shape index (κ3) is 5.43. The molecule has 0 spiro atoms. The zero-order valence-electron chi connectivity index (χ0n) is 19.2. The van der Waals surface area contributed by atoms with E-state index in [4.69, 9.17) is 11.6 Å². The Kier molecular flexibility index (Phi) is 7.32. The Labute approximate surface area is 221 Å². The van der Waals surface area contributed by atoms with Crippen LogP contribution >= 0.6 is 27.5 Å². The van der Waals surface area contributed by atoms with E-state index in [1.165, 1.54) is 31.2 Å². The van der Waals surface area contributed by atoms with Crippen molar-refractivity contribution in [1.82, 2.24) is 25.3 Å². The molecule has 36 heavy (non-hydrogen) atoms. The second kappa shape index (κ2) is 10.8. The molecule has 4 aromatic rings. The molecule has 1 aliphatic rings. The van der Waals surface area contributed by atoms with E-state index in [1.54, 1.807) is 6.07 Å². The van der Waals surface area contributed by atoms with Crippen molar-refractivity contribution in [2.75, 3.05) is 17.2 Å². The lowest BCUT2D eigenvalue weighted by Gasteiger charge is -2.14. The van der Waals surface area contributed by atoms with Crippen molar-refractivity contribution in [2.45, 2.75) is 38.4 Å². The molecule has 11 heteroatoms. The fourth-order valence-corrected chi connectivity index (χ4v) is 5.06. The van der Waals surface area contributed by atoms with Gasteiger partial charge in [-0.2, -0.15) is 5.26 Å². The van der Waals surface area contributed by atoms with E-state index in [2.05, 4.69) is 53.2 Å². The Morgan fingerprint density at radius 2 is 2.17 bits per heavy atom. The van der Waals surface area contributed by atoms with Gasteiger partial charge in [0, 0.05) is 40.0 Å². The van der Waals surface area contributed by atoms with Crippen LogP contribution in [0.4, 0.5) is 21.5 Å². The van der Waals surface area contributed by atoms with Gasteiger partial charge < -0.3 is 16.0 Å². The second-order valence-electron chi connectivity index (χ2n) is 8.68. The molecule has 1 fully saturated rings. The van der Waals surface area contributed by atoms with Crippen molar-refractivity contribution in [3.8, 4) is 6.07 Å². The van der Waals surface area contributed by atoms with Gasteiger partial charge in [-0.1, -0.05) is 16.8 Å². The molecule has 0 bridgehead atoms. The Hall–Kier alpha value is -3.26. The van der Waals surface area contributed by atoms with Crippen LogP contribution in [0.2, 0.25) is 5.02 Å². The summed E-state index contributed by atoms with van der Waals surface area (Å²) in [6, 6.07) is 10.9. The largest absolute Gasteiger partial charge is 0.379 e. The van der Waals surface area contributed by atoms with E-state index in [0.29, 0.717) is 35.0 Å². The second-order valence-corrected chi connectivity index (χ2v) is 9.94. The van der Waals surface area contributed by atoms with Gasteiger partial charge in [0.25, 0.3) is 0 Å². The monoisotopic (exact) mass is 568 g/mol. The van der Waals surface area contributed by atoms with Gasteiger partial charge in [-0.15, -0.1) is 5.10 Å². The summed E-state index contributed by atoms with van der Waals surface area (Å²) in [5.41, 5.74) is 3.80. The molecule has 0 radical (unpaired) electrons. The van der Waals surface area contributed by atoms with Gasteiger partial charge in [0.2, 0.25) is 0 Å². The smallest absolute Gasteiger partial charge is 0.141 e. The molecule has 3 N–H and O–H groups in total. The third-order valence-electron chi connectivity index (χ3n) is 6.16. The van der Waals surface area contributed by atoms with Gasteiger partial charge in [-0.25, -0.2) is 4.39 Å². The summed E-state index contributed by atoms with van der Waals surface area (Å²) in [4.78, 5) is 4.45. The van der Waals surface area contributed by atoms with Crippen molar-refractivity contribution in [2.24, 2.45) is 0 Å². The topological polar surface area (TPSA) is 103 Å². The molecule has 5 rings (SSSR count). The molecule has 0 amide bonds. The van der Waals surface area contributed by atoms with Crippen LogP contribution < -0.4 is 16.0 Å². The Morgan fingerprint density at radius 3 is 2.94 bits per heavy atom. The first-order chi connectivity index (χ1) is 17.5. The quantitative estimate of drug-likeness (QED) is 0.248. The van der Waals surface area contributed by atoms with Gasteiger partial charge in [-0.3, -0.25) is 9.67 Å². The molecule has 0 aliphatic carbocycles. The fraction of sp³-hybridized carbons (Fsp3) is 0.280. The molecule has 2 aromatic heterocycles. The van der Waals surface area contributed by atoms with Crippen molar-refractivity contribution in [3.63, 3.8) is 0 Å². The highest BCUT2D eigenvalue weighted by Gasteiger charge is 2.15. The van der Waals surface area contributed by atoms with E-state index in [-0.39, 0.29) is 5.02 Å². The number of benzene rings is 2. The van der Waals surface area contributed by atoms with Crippen LogP contribution in [0.15, 0.2) is 47.2 Å². The van der Waals surface area contributed by atoms with Gasteiger partial charge in [0.1, 0.15) is 17.6 Å². The summed E-state index contributed by atoms with van der Waals surface area (Å²) >= 11 is 9.55. The standard InChI is InChI=1S/C25H23BrClFN8/c26-21-9-18(31-13-19-14-36(35-34-19)7-5-16-2-1-6-30-16)8-20-24(15(11-29)12-32-25(20)21)33-17-3-4-23(28)22(27)10-17/h3-4,8-10,12,14,16,30-31H,1-2,5-7,13H2,(H,32,33). The van der Waals surface area contributed by atoms with Crippen LogP contribution in [0.1, 0.15) is 30.5 Å². The highest BCUT2D eigenvalue weighted by atomic mass is 79.9. The lowest BCUT2D eigenvalue weighted by atomic mass is 10.1. The summed E-state index contributed by atoms with van der Waals surface area (Å²) in [6.07, 6.45) is 6.95. The van der Waals surface area contributed by atoms with E-state index in [9.17, 15) is 9.65 Å². The number of anilines is 3. The molecular formula is C25H23BrClFN8. The number of hydrogen-bond donors (Lipinski definition) is 3. The minimum Gasteiger partial charge on any atom is -0.379 e. The summed E-state index contributed by atoms with van der Waals surface area (Å²) in [5, 5.41) is 29.0. The number of hydrogen-bond acceptors (Lipinski definition) is 7. The molecule has 8 nitrogen and oxygen atoms in total. The molecule has 2 aromatic carbocycles. The summed E-state index contributed by atoms with van der Waals surface area (Å²) in [6.45, 7) is 2.41. The van der Waals surface area contributed by atoms with Crippen LogP contribution in [0.5, 0.6) is 0 Å². The van der Waals surface area contributed by atoms with Crippen LogP contribution in [0.3, 0.4) is 0 Å². The van der Waals surface area contributed by atoms with Crippen molar-refractivity contribution in [3.05, 3.63) is 69.3 Å². The number of nitrogens with one attached hydrogen (secondary N) is 3. The number of nitrogens with zero attached hydrogens (tertiary/aromatic N) is 5. The molecule has 3 heterocycles. The first-order valence-corrected chi connectivity index (χ1v) is 12.8. The maximum atomic E-state index is 13.6. The molecule has 1 atom stereocenters. The zero-order valence-corrected chi connectivity index (χ0v) is 21.6. The third-order valence-corrected chi connectivity index (χ3v) is 7.06. The fourth-order valence-electron chi connectivity index (χ4n) is 4.31. The molecule has 1 unspecified atom stereocenters. The van der Waals surface area contributed by atoms with E-state index in [1.807, 2.05) is 23.0 Å². The summed E-state index contributed by atoms with van der Waals surface area (Å²) in [7, 11) is 0. The molecule has 1 aliphatic heterocycles. The van der Waals surface area contributed by atoms with Gasteiger partial charge >= 0.3 is 0 Å². The van der Waals surface area contributed by atoms with E-state index < -0.39 is 5.82 Å². The Morgan fingerprint density at radius 1 is 1.28 bits per heavy atom. The first-order valence-electron chi connectivity index (χ1n) is 11.6. The number of pyridine rings is 1. The lowest BCUT2D eigenvalue weighted by Crippen LogP contribution is -2.23. The minimum atomic E-state index is -0.510. The Balaban J connectivity index is 1.36. The number of halogens is 3. The normalized spacial score (nSPS) is 15.2. The van der Waals surface area contributed by atoms with E-state index in [0.717, 1.165) is 40.8 Å². The number of fused-ring (bicyclic) bond motifs is 1. The summed E-state index contributed by atoms with van der Waals surface area (Å²) < 4.78 is 16.3. The van der Waals surface area contributed by atoms with Gasteiger partial charge in [-0.05, 0) is 72.1 Å². The lowest BCUT2D eigenvalue weighted by molar-refractivity contribution is 0.473. The van der Waals surface area contributed by atoms with Crippen LogP contribution in [0, 0.1) is 17.1 Å². The first kappa shape index (κ1) is 24.4.